The monoisotopic (exact) mass is 520 g/mol. The van der Waals surface area contributed by atoms with Crippen molar-refractivity contribution in [2.75, 3.05) is 6.26 Å². The molecule has 198 valence electrons. The van der Waals surface area contributed by atoms with E-state index in [4.69, 9.17) is 4.55 Å². The summed E-state index contributed by atoms with van der Waals surface area (Å²) in [6.45, 7) is 28.6. The SMILES string of the molecule is CC(C)c1cc(C(C)C)c(-c2ccccc2P(C(C)(C)C)C(C)(C)C)c(C(C)C)c1.CS(=O)(=O)O. The van der Waals surface area contributed by atoms with Crippen LogP contribution in [0.1, 0.15) is 118 Å². The summed E-state index contributed by atoms with van der Waals surface area (Å²) in [5.74, 6) is 1.55. The Kier molecular flexibility index (Phi) is 10.8. The molecule has 0 radical (unpaired) electrons. The molecule has 0 aliphatic heterocycles. The number of benzene rings is 2. The third kappa shape index (κ3) is 9.30. The van der Waals surface area contributed by atoms with Gasteiger partial charge in [-0.05, 0) is 61.2 Å². The fraction of sp³-hybridized carbons (Fsp3) is 0.600. The molecule has 0 saturated heterocycles. The molecule has 0 heterocycles. The normalized spacial score (nSPS) is 13.0. The lowest BCUT2D eigenvalue weighted by molar-refractivity contribution is 0.490. The van der Waals surface area contributed by atoms with Gasteiger partial charge in [0, 0.05) is 0 Å². The molecule has 0 aliphatic rings. The van der Waals surface area contributed by atoms with Crippen molar-refractivity contribution >= 4 is 23.3 Å². The highest BCUT2D eigenvalue weighted by Crippen LogP contribution is 2.59. The highest BCUT2D eigenvalue weighted by atomic mass is 32.2. The minimum Gasteiger partial charge on any atom is -0.286 e. The lowest BCUT2D eigenvalue weighted by Gasteiger charge is -2.43. The zero-order valence-corrected chi connectivity index (χ0v) is 26.0. The number of hydrogen-bond donors (Lipinski definition) is 1. The summed E-state index contributed by atoms with van der Waals surface area (Å²) >= 11 is 0. The predicted octanol–water partition coefficient (Wildman–Crippen LogP) is 8.93. The Morgan fingerprint density at radius 2 is 1.11 bits per heavy atom. The minimum atomic E-state index is -3.67. The first kappa shape index (κ1) is 31.8. The highest BCUT2D eigenvalue weighted by molar-refractivity contribution is 7.85. The molecule has 0 aliphatic carbocycles. The fourth-order valence-corrected chi connectivity index (χ4v) is 9.00. The number of hydrogen-bond acceptors (Lipinski definition) is 2. The Labute approximate surface area is 217 Å². The van der Waals surface area contributed by atoms with Crippen LogP contribution in [0.15, 0.2) is 36.4 Å². The van der Waals surface area contributed by atoms with E-state index in [0.29, 0.717) is 24.0 Å². The van der Waals surface area contributed by atoms with Gasteiger partial charge >= 0.3 is 0 Å². The van der Waals surface area contributed by atoms with Crippen LogP contribution in [-0.2, 0) is 10.1 Å². The maximum absolute atomic E-state index is 9.19. The van der Waals surface area contributed by atoms with Gasteiger partial charge in [0.25, 0.3) is 10.1 Å². The van der Waals surface area contributed by atoms with E-state index in [1.54, 1.807) is 5.30 Å². The van der Waals surface area contributed by atoms with Crippen LogP contribution >= 0.6 is 7.92 Å². The Morgan fingerprint density at radius 3 is 1.43 bits per heavy atom. The summed E-state index contributed by atoms with van der Waals surface area (Å²) in [5, 5.41) is 2.06. The van der Waals surface area contributed by atoms with E-state index >= 15 is 0 Å². The van der Waals surface area contributed by atoms with Crippen molar-refractivity contribution in [3.05, 3.63) is 53.1 Å². The molecular weight excluding hydrogens is 471 g/mol. The lowest BCUT2D eigenvalue weighted by atomic mass is 9.82. The van der Waals surface area contributed by atoms with Crippen LogP contribution in [0.25, 0.3) is 11.1 Å². The summed E-state index contributed by atoms with van der Waals surface area (Å²) in [7, 11) is -4.03. The molecule has 0 aromatic heterocycles. The van der Waals surface area contributed by atoms with Gasteiger partial charge in [0.05, 0.1) is 6.26 Å². The van der Waals surface area contributed by atoms with Crippen molar-refractivity contribution in [2.45, 2.75) is 111 Å². The maximum Gasteiger partial charge on any atom is 0.261 e. The Hall–Kier alpha value is -1.22. The molecule has 1 N–H and O–H groups in total. The molecule has 2 rings (SSSR count). The molecule has 0 amide bonds. The molecule has 0 bridgehead atoms. The molecule has 35 heavy (non-hydrogen) atoms. The van der Waals surface area contributed by atoms with E-state index in [-0.39, 0.29) is 18.2 Å². The summed E-state index contributed by atoms with van der Waals surface area (Å²) in [6.07, 6.45) is 0.715. The summed E-state index contributed by atoms with van der Waals surface area (Å²) in [5.41, 5.74) is 7.46. The van der Waals surface area contributed by atoms with Crippen molar-refractivity contribution < 1.29 is 13.0 Å². The van der Waals surface area contributed by atoms with Crippen LogP contribution in [0.4, 0.5) is 0 Å². The van der Waals surface area contributed by atoms with Gasteiger partial charge in [0.2, 0.25) is 0 Å². The second-order valence-electron chi connectivity index (χ2n) is 12.5. The molecule has 0 spiro atoms. The Morgan fingerprint density at radius 1 is 0.743 bits per heavy atom. The molecule has 0 fully saturated rings. The predicted molar refractivity (Wildman–Crippen MR) is 158 cm³/mol. The van der Waals surface area contributed by atoms with E-state index < -0.39 is 10.1 Å². The molecule has 5 heteroatoms. The molecule has 2 aromatic rings. The Balaban J connectivity index is 0.00000111. The fourth-order valence-electron chi connectivity index (χ4n) is 4.88. The Bertz CT molecular complexity index is 1030. The van der Waals surface area contributed by atoms with Crippen molar-refractivity contribution in [1.29, 1.82) is 0 Å². The van der Waals surface area contributed by atoms with E-state index in [9.17, 15) is 8.42 Å². The van der Waals surface area contributed by atoms with E-state index in [0.717, 1.165) is 0 Å². The van der Waals surface area contributed by atoms with E-state index in [1.165, 1.54) is 27.8 Å². The van der Waals surface area contributed by atoms with E-state index in [2.05, 4.69) is 119 Å². The van der Waals surface area contributed by atoms with Crippen LogP contribution in [0, 0.1) is 0 Å². The van der Waals surface area contributed by atoms with Crippen LogP contribution in [0.5, 0.6) is 0 Å². The molecule has 3 nitrogen and oxygen atoms in total. The summed E-state index contributed by atoms with van der Waals surface area (Å²) in [4.78, 5) is 0. The van der Waals surface area contributed by atoms with Crippen LogP contribution in [0.2, 0.25) is 0 Å². The smallest absolute Gasteiger partial charge is 0.261 e. The van der Waals surface area contributed by atoms with Crippen LogP contribution < -0.4 is 5.30 Å². The van der Waals surface area contributed by atoms with Crippen LogP contribution in [-0.4, -0.2) is 29.5 Å². The average Bonchev–Trinajstić information content (AvgIpc) is 2.63. The average molecular weight is 521 g/mol. The second-order valence-corrected chi connectivity index (χ2v) is 17.8. The van der Waals surface area contributed by atoms with Crippen molar-refractivity contribution in [2.24, 2.45) is 0 Å². The molecule has 0 saturated carbocycles. The first-order valence-electron chi connectivity index (χ1n) is 12.7. The molecule has 0 atom stereocenters. The van der Waals surface area contributed by atoms with Gasteiger partial charge in [-0.25, -0.2) is 0 Å². The van der Waals surface area contributed by atoms with Gasteiger partial charge in [0.15, 0.2) is 0 Å². The maximum atomic E-state index is 9.19. The molecular formula is C30H49O3PS. The van der Waals surface area contributed by atoms with Gasteiger partial charge in [-0.3, -0.25) is 4.55 Å². The summed E-state index contributed by atoms with van der Waals surface area (Å²) < 4.78 is 25.9. The lowest BCUT2D eigenvalue weighted by Crippen LogP contribution is -2.32. The summed E-state index contributed by atoms with van der Waals surface area (Å²) in [6, 6.07) is 14.3. The van der Waals surface area contributed by atoms with Crippen molar-refractivity contribution in [3.8, 4) is 11.1 Å². The van der Waals surface area contributed by atoms with Gasteiger partial charge in [-0.15, -0.1) is 0 Å². The third-order valence-electron chi connectivity index (χ3n) is 5.89. The second kappa shape index (κ2) is 11.9. The van der Waals surface area contributed by atoms with Gasteiger partial charge in [-0.1, -0.05) is 127 Å². The third-order valence-corrected chi connectivity index (χ3v) is 9.44. The largest absolute Gasteiger partial charge is 0.286 e. The van der Waals surface area contributed by atoms with Crippen molar-refractivity contribution in [1.82, 2.24) is 0 Å². The van der Waals surface area contributed by atoms with Gasteiger partial charge in [0.1, 0.15) is 0 Å². The first-order valence-corrected chi connectivity index (χ1v) is 15.8. The molecule has 0 unspecified atom stereocenters. The van der Waals surface area contributed by atoms with E-state index in [1.807, 2.05) is 0 Å². The van der Waals surface area contributed by atoms with Crippen LogP contribution in [0.3, 0.4) is 0 Å². The molecule has 2 aromatic carbocycles. The quantitative estimate of drug-likeness (QED) is 0.316. The van der Waals surface area contributed by atoms with Crippen molar-refractivity contribution in [3.63, 3.8) is 0 Å². The minimum absolute atomic E-state index is 0.248. The first-order chi connectivity index (χ1) is 15.7. The van der Waals surface area contributed by atoms with Gasteiger partial charge < -0.3 is 0 Å². The topological polar surface area (TPSA) is 54.4 Å². The highest BCUT2D eigenvalue weighted by Gasteiger charge is 2.37. The standard InChI is InChI=1S/C29H45P.CH4O3S/c1-19(2)22-17-24(20(3)4)27(25(18-22)21(5)6)23-15-13-14-16-26(23)30(28(7,8)9)29(10,11)12;1-5(2,3)4/h13-21H,1-12H3;1H3,(H,2,3,4). The zero-order valence-electron chi connectivity index (χ0n) is 24.3. The number of rotatable bonds is 5. The zero-order chi connectivity index (χ0) is 27.5. The van der Waals surface area contributed by atoms with Gasteiger partial charge in [-0.2, -0.15) is 8.42 Å².